The second-order valence-corrected chi connectivity index (χ2v) is 5.25. The molecule has 2 aliphatic rings. The number of piperidine rings is 1. The fourth-order valence-corrected chi connectivity index (χ4v) is 2.89. The van der Waals surface area contributed by atoms with Gasteiger partial charge in [-0.3, -0.25) is 14.4 Å². The topological polar surface area (TPSA) is 86.7 Å². The summed E-state index contributed by atoms with van der Waals surface area (Å²) in [4.78, 5) is 35.5. The molecule has 2 fully saturated rings. The van der Waals surface area contributed by atoms with Crippen molar-refractivity contribution < 1.29 is 19.5 Å². The van der Waals surface area contributed by atoms with E-state index >= 15 is 0 Å². The fourth-order valence-electron chi connectivity index (χ4n) is 2.12. The maximum atomic E-state index is 12.0. The minimum absolute atomic E-state index is 0.158. The lowest BCUT2D eigenvalue weighted by Crippen LogP contribution is -2.50. The first-order valence-electron chi connectivity index (χ1n) is 5.53. The van der Waals surface area contributed by atoms with Crippen molar-refractivity contribution in [3.05, 3.63) is 0 Å². The molecule has 2 heterocycles. The van der Waals surface area contributed by atoms with Crippen molar-refractivity contribution in [2.24, 2.45) is 5.92 Å². The van der Waals surface area contributed by atoms with E-state index in [1.54, 1.807) is 4.90 Å². The number of hydrogen-bond donors (Lipinski definition) is 2. The first kappa shape index (κ1) is 12.2. The molecular formula is C10H14N2O4S. The number of carboxylic acids is 1. The van der Waals surface area contributed by atoms with Gasteiger partial charge >= 0.3 is 5.97 Å². The zero-order valence-corrected chi connectivity index (χ0v) is 10.0. The smallest absolute Gasteiger partial charge is 0.308 e. The summed E-state index contributed by atoms with van der Waals surface area (Å²) in [7, 11) is 0. The quantitative estimate of drug-likeness (QED) is 0.735. The largest absolute Gasteiger partial charge is 0.481 e. The van der Waals surface area contributed by atoms with Crippen LogP contribution in [0, 0.1) is 5.92 Å². The van der Waals surface area contributed by atoms with Gasteiger partial charge in [0, 0.05) is 18.8 Å². The number of thioether (sulfide) groups is 1. The van der Waals surface area contributed by atoms with Crippen molar-refractivity contribution in [3.63, 3.8) is 0 Å². The van der Waals surface area contributed by atoms with E-state index in [9.17, 15) is 14.4 Å². The van der Waals surface area contributed by atoms with Crippen LogP contribution in [-0.4, -0.2) is 52.0 Å². The molecule has 0 aromatic heterocycles. The van der Waals surface area contributed by atoms with Gasteiger partial charge in [0.25, 0.3) is 5.24 Å². The SMILES string of the molecule is O=C1NC(C(=O)N2CCCC(C(=O)O)C2)CS1. The number of carbonyl (C=O) groups is 3. The van der Waals surface area contributed by atoms with Gasteiger partial charge in [-0.15, -0.1) is 0 Å². The molecular weight excluding hydrogens is 244 g/mol. The van der Waals surface area contributed by atoms with Crippen LogP contribution in [0.5, 0.6) is 0 Å². The highest BCUT2D eigenvalue weighted by Gasteiger charge is 2.35. The summed E-state index contributed by atoms with van der Waals surface area (Å²) in [6.07, 6.45) is 1.32. The van der Waals surface area contributed by atoms with E-state index in [0.29, 0.717) is 25.1 Å². The molecule has 17 heavy (non-hydrogen) atoms. The van der Waals surface area contributed by atoms with Crippen molar-refractivity contribution in [1.29, 1.82) is 0 Å². The molecule has 2 aliphatic heterocycles. The lowest BCUT2D eigenvalue weighted by Gasteiger charge is -2.32. The molecule has 7 heteroatoms. The third-order valence-corrected chi connectivity index (χ3v) is 3.93. The molecule has 94 valence electrons. The summed E-state index contributed by atoms with van der Waals surface area (Å²) in [6.45, 7) is 0.838. The maximum absolute atomic E-state index is 12.0. The minimum atomic E-state index is -0.854. The second kappa shape index (κ2) is 4.95. The number of rotatable bonds is 2. The highest BCUT2D eigenvalue weighted by molar-refractivity contribution is 8.14. The summed E-state index contributed by atoms with van der Waals surface area (Å²) in [5, 5.41) is 11.3. The molecule has 0 aliphatic carbocycles. The summed E-state index contributed by atoms with van der Waals surface area (Å²) in [5.74, 6) is -1.05. The molecule has 2 rings (SSSR count). The van der Waals surface area contributed by atoms with E-state index in [4.69, 9.17) is 5.11 Å². The fraction of sp³-hybridized carbons (Fsp3) is 0.700. The standard InChI is InChI=1S/C10H14N2O4S/c13-8(7-5-17-10(16)11-7)12-3-1-2-6(4-12)9(14)15/h6-7H,1-5H2,(H,11,16)(H,14,15). The van der Waals surface area contributed by atoms with Crippen molar-refractivity contribution >= 4 is 28.9 Å². The van der Waals surface area contributed by atoms with Gasteiger partial charge in [-0.05, 0) is 12.8 Å². The van der Waals surface area contributed by atoms with Gasteiger partial charge in [0.05, 0.1) is 5.92 Å². The molecule has 0 spiro atoms. The van der Waals surface area contributed by atoms with E-state index in [1.165, 1.54) is 0 Å². The van der Waals surface area contributed by atoms with E-state index in [2.05, 4.69) is 5.32 Å². The Labute approximate surface area is 103 Å². The average Bonchev–Trinajstić information content (AvgIpc) is 2.75. The van der Waals surface area contributed by atoms with Crippen LogP contribution in [0.2, 0.25) is 0 Å². The predicted molar refractivity (Wildman–Crippen MR) is 61.7 cm³/mol. The molecule has 2 N–H and O–H groups in total. The van der Waals surface area contributed by atoms with Gasteiger partial charge < -0.3 is 15.3 Å². The molecule has 2 atom stereocenters. The van der Waals surface area contributed by atoms with E-state index in [0.717, 1.165) is 11.8 Å². The lowest BCUT2D eigenvalue weighted by atomic mass is 9.98. The number of likely N-dealkylation sites (tertiary alicyclic amines) is 1. The van der Waals surface area contributed by atoms with Crippen molar-refractivity contribution in [3.8, 4) is 0 Å². The second-order valence-electron chi connectivity index (χ2n) is 4.26. The van der Waals surface area contributed by atoms with Gasteiger partial charge in [0.1, 0.15) is 6.04 Å². The van der Waals surface area contributed by atoms with Gasteiger partial charge in [0.2, 0.25) is 5.91 Å². The van der Waals surface area contributed by atoms with Crippen LogP contribution in [0.4, 0.5) is 4.79 Å². The number of nitrogens with zero attached hydrogens (tertiary/aromatic N) is 1. The normalized spacial score (nSPS) is 28.9. The van der Waals surface area contributed by atoms with Crippen LogP contribution in [-0.2, 0) is 9.59 Å². The van der Waals surface area contributed by atoms with Gasteiger partial charge in [-0.2, -0.15) is 0 Å². The third-order valence-electron chi connectivity index (χ3n) is 3.05. The molecule has 0 aromatic rings. The highest BCUT2D eigenvalue weighted by Crippen LogP contribution is 2.20. The molecule has 2 saturated heterocycles. The number of aliphatic carboxylic acids is 1. The first-order valence-corrected chi connectivity index (χ1v) is 6.51. The van der Waals surface area contributed by atoms with Crippen LogP contribution in [0.25, 0.3) is 0 Å². The van der Waals surface area contributed by atoms with E-state index < -0.39 is 17.9 Å². The van der Waals surface area contributed by atoms with Gasteiger partial charge in [-0.25, -0.2) is 0 Å². The summed E-state index contributed by atoms with van der Waals surface area (Å²) < 4.78 is 0. The lowest BCUT2D eigenvalue weighted by molar-refractivity contribution is -0.146. The summed E-state index contributed by atoms with van der Waals surface area (Å²) in [5.41, 5.74) is 0. The maximum Gasteiger partial charge on any atom is 0.308 e. The van der Waals surface area contributed by atoms with Crippen molar-refractivity contribution in [2.45, 2.75) is 18.9 Å². The Morgan fingerprint density at radius 1 is 1.47 bits per heavy atom. The molecule has 2 amide bonds. The Kier molecular flexibility index (Phi) is 3.56. The van der Waals surface area contributed by atoms with Crippen LogP contribution < -0.4 is 5.32 Å². The number of carbonyl (C=O) groups excluding carboxylic acids is 2. The van der Waals surface area contributed by atoms with Crippen LogP contribution in [0.1, 0.15) is 12.8 Å². The van der Waals surface area contributed by atoms with Crippen LogP contribution in [0.3, 0.4) is 0 Å². The third kappa shape index (κ3) is 2.71. The van der Waals surface area contributed by atoms with Crippen molar-refractivity contribution in [2.75, 3.05) is 18.8 Å². The summed E-state index contributed by atoms with van der Waals surface area (Å²) >= 11 is 1.09. The zero-order valence-electron chi connectivity index (χ0n) is 9.22. The Balaban J connectivity index is 1.95. The molecule has 0 saturated carbocycles. The Bertz CT molecular complexity index is 360. The van der Waals surface area contributed by atoms with Gasteiger partial charge in [0.15, 0.2) is 0 Å². The number of carboxylic acid groups (broad SMARTS) is 1. The molecule has 0 aromatic carbocycles. The Hall–Kier alpha value is -1.24. The predicted octanol–water partition coefficient (Wildman–Crippen LogP) is 0.135. The molecule has 6 nitrogen and oxygen atoms in total. The number of hydrogen-bond acceptors (Lipinski definition) is 4. The first-order chi connectivity index (χ1) is 8.08. The Morgan fingerprint density at radius 3 is 2.82 bits per heavy atom. The average molecular weight is 258 g/mol. The Morgan fingerprint density at radius 2 is 2.24 bits per heavy atom. The van der Waals surface area contributed by atoms with E-state index in [1.807, 2.05) is 0 Å². The van der Waals surface area contributed by atoms with Crippen LogP contribution >= 0.6 is 11.8 Å². The molecule has 2 unspecified atom stereocenters. The summed E-state index contributed by atoms with van der Waals surface area (Å²) in [6, 6.07) is -0.486. The zero-order chi connectivity index (χ0) is 12.4. The monoisotopic (exact) mass is 258 g/mol. The molecule has 0 radical (unpaired) electrons. The highest BCUT2D eigenvalue weighted by atomic mass is 32.2. The van der Waals surface area contributed by atoms with E-state index in [-0.39, 0.29) is 17.7 Å². The molecule has 0 bridgehead atoms. The number of nitrogens with one attached hydrogen (secondary N) is 1. The number of amides is 2. The van der Waals surface area contributed by atoms with Crippen molar-refractivity contribution in [1.82, 2.24) is 10.2 Å². The van der Waals surface area contributed by atoms with Crippen LogP contribution in [0.15, 0.2) is 0 Å². The van der Waals surface area contributed by atoms with Gasteiger partial charge in [-0.1, -0.05) is 11.8 Å². The minimum Gasteiger partial charge on any atom is -0.481 e.